The van der Waals surface area contributed by atoms with Gasteiger partial charge in [0.15, 0.2) is 0 Å². The first-order chi connectivity index (χ1) is 9.06. The molecule has 1 aromatic carbocycles. The van der Waals surface area contributed by atoms with Crippen LogP contribution >= 0.6 is 0 Å². The average molecular weight is 262 g/mol. The van der Waals surface area contributed by atoms with E-state index in [0.29, 0.717) is 5.56 Å². The molecule has 2 aromatic rings. The first-order valence-electron chi connectivity index (χ1n) is 6.31. The molecule has 0 bridgehead atoms. The Labute approximate surface area is 112 Å². The van der Waals surface area contributed by atoms with E-state index >= 15 is 0 Å². The van der Waals surface area contributed by atoms with Gasteiger partial charge >= 0.3 is 0 Å². The minimum atomic E-state index is -0.209. The lowest BCUT2D eigenvalue weighted by Gasteiger charge is -2.17. The molecular weight excluding hydrogens is 243 g/mol. The van der Waals surface area contributed by atoms with Crippen LogP contribution in [0.1, 0.15) is 35.5 Å². The molecule has 0 aliphatic rings. The fourth-order valence-electron chi connectivity index (χ4n) is 2.19. The molecule has 102 valence electrons. The van der Waals surface area contributed by atoms with Crippen LogP contribution in [-0.2, 0) is 13.5 Å². The van der Waals surface area contributed by atoms with Crippen LogP contribution in [0.5, 0.6) is 0 Å². The van der Waals surface area contributed by atoms with Gasteiger partial charge in [-0.15, -0.1) is 0 Å². The average Bonchev–Trinajstić information content (AvgIpc) is 2.76. The number of nitrogens with zero attached hydrogens (tertiary/aromatic N) is 2. The van der Waals surface area contributed by atoms with Gasteiger partial charge < -0.3 is 0 Å². The Morgan fingerprint density at radius 2 is 2.16 bits per heavy atom. The normalized spacial score (nSPS) is 12.7. The molecular formula is C14H19FN4. The topological polar surface area (TPSA) is 55.9 Å². The van der Waals surface area contributed by atoms with Crippen molar-refractivity contribution in [2.24, 2.45) is 12.9 Å². The lowest BCUT2D eigenvalue weighted by atomic mass is 10.0. The van der Waals surface area contributed by atoms with E-state index in [2.05, 4.69) is 17.4 Å². The smallest absolute Gasteiger partial charge is 0.126 e. The van der Waals surface area contributed by atoms with E-state index in [1.807, 2.05) is 17.8 Å². The summed E-state index contributed by atoms with van der Waals surface area (Å²) in [5.41, 5.74) is 6.28. The van der Waals surface area contributed by atoms with Gasteiger partial charge in [0.05, 0.1) is 17.4 Å². The van der Waals surface area contributed by atoms with E-state index in [1.54, 1.807) is 19.1 Å². The first kappa shape index (κ1) is 13.7. The SMILES string of the molecule is CCc1cc(C(NN)c2ccc(F)c(C)c2)n(C)n1. The number of nitrogens with two attached hydrogens (primary N) is 1. The van der Waals surface area contributed by atoms with E-state index in [9.17, 15) is 4.39 Å². The van der Waals surface area contributed by atoms with Gasteiger partial charge in [0, 0.05) is 7.05 Å². The molecule has 0 radical (unpaired) electrons. The molecule has 0 aliphatic heterocycles. The highest BCUT2D eigenvalue weighted by Crippen LogP contribution is 2.23. The van der Waals surface area contributed by atoms with Gasteiger partial charge in [-0.3, -0.25) is 10.5 Å². The summed E-state index contributed by atoms with van der Waals surface area (Å²) < 4.78 is 15.1. The Bertz CT molecular complexity index is 577. The highest BCUT2D eigenvalue weighted by Gasteiger charge is 2.18. The summed E-state index contributed by atoms with van der Waals surface area (Å²) in [5.74, 6) is 5.45. The zero-order valence-corrected chi connectivity index (χ0v) is 11.4. The van der Waals surface area contributed by atoms with Crippen molar-refractivity contribution in [2.75, 3.05) is 0 Å². The van der Waals surface area contributed by atoms with E-state index < -0.39 is 0 Å². The maximum Gasteiger partial charge on any atom is 0.126 e. The Kier molecular flexibility index (Phi) is 3.97. The van der Waals surface area contributed by atoms with E-state index in [1.165, 1.54) is 6.07 Å². The monoisotopic (exact) mass is 262 g/mol. The van der Waals surface area contributed by atoms with Gasteiger partial charge in [-0.05, 0) is 36.6 Å². The number of rotatable bonds is 4. The van der Waals surface area contributed by atoms with Crippen LogP contribution in [0.3, 0.4) is 0 Å². The lowest BCUT2D eigenvalue weighted by Crippen LogP contribution is -2.30. The maximum atomic E-state index is 13.3. The highest BCUT2D eigenvalue weighted by atomic mass is 19.1. The van der Waals surface area contributed by atoms with Gasteiger partial charge in [0.1, 0.15) is 5.82 Å². The maximum absolute atomic E-state index is 13.3. The minimum Gasteiger partial charge on any atom is -0.271 e. The largest absolute Gasteiger partial charge is 0.271 e. The van der Waals surface area contributed by atoms with Crippen molar-refractivity contribution in [1.82, 2.24) is 15.2 Å². The highest BCUT2D eigenvalue weighted by molar-refractivity contribution is 5.32. The Balaban J connectivity index is 2.43. The molecule has 2 rings (SSSR count). The summed E-state index contributed by atoms with van der Waals surface area (Å²) in [6, 6.07) is 6.83. The summed E-state index contributed by atoms with van der Waals surface area (Å²) in [7, 11) is 1.88. The summed E-state index contributed by atoms with van der Waals surface area (Å²) in [5, 5.41) is 4.41. The molecule has 0 saturated carbocycles. The zero-order valence-electron chi connectivity index (χ0n) is 11.4. The molecule has 19 heavy (non-hydrogen) atoms. The number of halogens is 1. The molecule has 0 fully saturated rings. The number of benzene rings is 1. The Morgan fingerprint density at radius 1 is 1.42 bits per heavy atom. The van der Waals surface area contributed by atoms with Crippen molar-refractivity contribution in [3.05, 3.63) is 52.6 Å². The summed E-state index contributed by atoms with van der Waals surface area (Å²) >= 11 is 0. The van der Waals surface area contributed by atoms with Crippen LogP contribution in [0, 0.1) is 12.7 Å². The fraction of sp³-hybridized carbons (Fsp3) is 0.357. The molecule has 5 heteroatoms. The molecule has 1 unspecified atom stereocenters. The van der Waals surface area contributed by atoms with Gasteiger partial charge in [0.25, 0.3) is 0 Å². The summed E-state index contributed by atoms with van der Waals surface area (Å²) in [6.07, 6.45) is 0.869. The second kappa shape index (κ2) is 5.50. The van der Waals surface area contributed by atoms with Crippen molar-refractivity contribution in [3.63, 3.8) is 0 Å². The molecule has 4 nitrogen and oxygen atoms in total. The molecule has 0 saturated heterocycles. The number of hydrazine groups is 1. The van der Waals surface area contributed by atoms with E-state index in [4.69, 9.17) is 5.84 Å². The second-order valence-corrected chi connectivity index (χ2v) is 4.65. The van der Waals surface area contributed by atoms with Gasteiger partial charge in [-0.25, -0.2) is 9.82 Å². The van der Waals surface area contributed by atoms with E-state index in [0.717, 1.165) is 23.4 Å². The number of aromatic nitrogens is 2. The third-order valence-corrected chi connectivity index (χ3v) is 3.31. The van der Waals surface area contributed by atoms with Crippen molar-refractivity contribution >= 4 is 0 Å². The van der Waals surface area contributed by atoms with Crippen LogP contribution in [0.4, 0.5) is 4.39 Å². The number of hydrogen-bond acceptors (Lipinski definition) is 3. The predicted octanol–water partition coefficient (Wildman–Crippen LogP) is 1.98. The Hall–Kier alpha value is -1.72. The minimum absolute atomic E-state index is 0.197. The van der Waals surface area contributed by atoms with Crippen molar-refractivity contribution in [3.8, 4) is 0 Å². The van der Waals surface area contributed by atoms with Crippen molar-refractivity contribution in [2.45, 2.75) is 26.3 Å². The van der Waals surface area contributed by atoms with Gasteiger partial charge in [-0.2, -0.15) is 5.10 Å². The molecule has 3 N–H and O–H groups in total. The third-order valence-electron chi connectivity index (χ3n) is 3.31. The van der Waals surface area contributed by atoms with Crippen LogP contribution in [-0.4, -0.2) is 9.78 Å². The summed E-state index contributed by atoms with van der Waals surface area (Å²) in [4.78, 5) is 0. The molecule has 0 spiro atoms. The predicted molar refractivity (Wildman–Crippen MR) is 72.9 cm³/mol. The zero-order chi connectivity index (χ0) is 14.0. The number of nitrogens with one attached hydrogen (secondary N) is 1. The molecule has 1 atom stereocenters. The van der Waals surface area contributed by atoms with Gasteiger partial charge in [0.2, 0.25) is 0 Å². The Morgan fingerprint density at radius 3 is 2.68 bits per heavy atom. The van der Waals surface area contributed by atoms with Gasteiger partial charge in [-0.1, -0.05) is 19.1 Å². The number of aryl methyl sites for hydroxylation is 3. The standard InChI is InChI=1S/C14H19FN4/c1-4-11-8-13(19(3)18-11)14(17-16)10-5-6-12(15)9(2)7-10/h5-8,14,17H,4,16H2,1-3H3. The van der Waals surface area contributed by atoms with Crippen LogP contribution < -0.4 is 11.3 Å². The van der Waals surface area contributed by atoms with E-state index in [-0.39, 0.29) is 11.9 Å². The molecule has 1 heterocycles. The fourth-order valence-corrected chi connectivity index (χ4v) is 2.19. The second-order valence-electron chi connectivity index (χ2n) is 4.65. The summed E-state index contributed by atoms with van der Waals surface area (Å²) in [6.45, 7) is 3.80. The third kappa shape index (κ3) is 2.67. The van der Waals surface area contributed by atoms with Crippen molar-refractivity contribution in [1.29, 1.82) is 0 Å². The molecule has 1 aromatic heterocycles. The van der Waals surface area contributed by atoms with Crippen LogP contribution in [0.2, 0.25) is 0 Å². The number of hydrogen-bond donors (Lipinski definition) is 2. The van der Waals surface area contributed by atoms with Crippen LogP contribution in [0.15, 0.2) is 24.3 Å². The van der Waals surface area contributed by atoms with Crippen LogP contribution in [0.25, 0.3) is 0 Å². The molecule has 0 amide bonds. The lowest BCUT2D eigenvalue weighted by molar-refractivity contribution is 0.569. The van der Waals surface area contributed by atoms with Crippen molar-refractivity contribution < 1.29 is 4.39 Å². The quantitative estimate of drug-likeness (QED) is 0.654. The first-order valence-corrected chi connectivity index (χ1v) is 6.31. The molecule has 0 aliphatic carbocycles.